The van der Waals surface area contributed by atoms with E-state index in [1.807, 2.05) is 80.6 Å². The van der Waals surface area contributed by atoms with Gasteiger partial charge in [0.25, 0.3) is 10.1 Å². The minimum Gasteiger partial charge on any atom is -0.299 e. The molecular formula is C30H32O5S2. The first kappa shape index (κ1) is 25.9. The third-order valence-electron chi connectivity index (χ3n) is 8.46. The van der Waals surface area contributed by atoms with Crippen LogP contribution in [0.2, 0.25) is 0 Å². The fourth-order valence-electron chi connectivity index (χ4n) is 6.19. The standard InChI is InChI=1S/C30H32O5S2/c1-29(2)24-18-19-30(29,28(32)20-24)22-37(33,34)35-36(25-14-8-4-9-15-25,26-16-10-5-11-17-26)21-27(31)23-12-6-3-7-13-23/h3-17,24H,18-22H2,1-2H3. The third kappa shape index (κ3) is 4.47. The molecule has 5 rings (SSSR count). The molecule has 2 saturated carbocycles. The van der Waals surface area contributed by atoms with E-state index in [0.29, 0.717) is 28.2 Å². The largest absolute Gasteiger partial charge is 0.299 e. The van der Waals surface area contributed by atoms with Crippen LogP contribution in [-0.4, -0.2) is 31.5 Å². The summed E-state index contributed by atoms with van der Waals surface area (Å²) in [6.45, 7) is 4.02. The van der Waals surface area contributed by atoms with E-state index in [1.54, 1.807) is 24.3 Å². The number of Topliss-reactive ketones (excluding diaryl/α,β-unsaturated/α-hetero) is 2. The minimum absolute atomic E-state index is 0.0151. The Balaban J connectivity index is 1.61. The number of carbonyl (C=O) groups is 2. The number of rotatable bonds is 9. The molecule has 3 aromatic rings. The number of hydrogen-bond donors (Lipinski definition) is 0. The lowest BCUT2D eigenvalue weighted by Crippen LogP contribution is -2.42. The zero-order chi connectivity index (χ0) is 26.3. The summed E-state index contributed by atoms with van der Waals surface area (Å²) in [5.74, 6) is -0.487. The predicted octanol–water partition coefficient (Wildman–Crippen LogP) is 6.45. The quantitative estimate of drug-likeness (QED) is 0.294. The summed E-state index contributed by atoms with van der Waals surface area (Å²) < 4.78 is 34.4. The number of hydrogen-bond acceptors (Lipinski definition) is 5. The van der Waals surface area contributed by atoms with Crippen LogP contribution < -0.4 is 0 Å². The van der Waals surface area contributed by atoms with E-state index < -0.39 is 31.3 Å². The van der Waals surface area contributed by atoms with E-state index in [9.17, 15) is 18.0 Å². The van der Waals surface area contributed by atoms with Gasteiger partial charge in [-0.2, -0.15) is 8.42 Å². The lowest BCUT2D eigenvalue weighted by atomic mass is 9.70. The molecule has 7 heteroatoms. The Morgan fingerprint density at radius 2 is 1.38 bits per heavy atom. The van der Waals surface area contributed by atoms with Gasteiger partial charge in [0.1, 0.15) is 5.78 Å². The van der Waals surface area contributed by atoms with E-state index in [4.69, 9.17) is 3.63 Å². The Morgan fingerprint density at radius 3 is 1.84 bits per heavy atom. The zero-order valence-electron chi connectivity index (χ0n) is 21.1. The van der Waals surface area contributed by atoms with Gasteiger partial charge in [-0.1, -0.05) is 90.9 Å². The number of fused-ring (bicyclic) bond motifs is 2. The highest BCUT2D eigenvalue weighted by Gasteiger charge is 2.65. The monoisotopic (exact) mass is 536 g/mol. The molecule has 0 saturated heterocycles. The zero-order valence-corrected chi connectivity index (χ0v) is 22.8. The van der Waals surface area contributed by atoms with Crippen LogP contribution in [0, 0.1) is 16.7 Å². The van der Waals surface area contributed by atoms with Crippen molar-refractivity contribution in [3.05, 3.63) is 96.6 Å². The molecule has 0 aromatic heterocycles. The molecule has 3 aromatic carbocycles. The van der Waals surface area contributed by atoms with Gasteiger partial charge in [-0.3, -0.25) is 9.59 Å². The SMILES string of the molecule is CC1(C)C2CCC1(CS(=O)(=O)OS(CC(=O)c1ccccc1)(c1ccccc1)c1ccccc1)C(=O)C2. The second-order valence-corrected chi connectivity index (χ2v) is 15.2. The number of benzene rings is 3. The predicted molar refractivity (Wildman–Crippen MR) is 146 cm³/mol. The molecule has 2 unspecified atom stereocenters. The summed E-state index contributed by atoms with van der Waals surface area (Å²) in [5, 5.41) is 0. The number of carbonyl (C=O) groups excluding carboxylic acids is 2. The number of ketones is 2. The highest BCUT2D eigenvalue weighted by atomic mass is 32.3. The molecule has 2 atom stereocenters. The second kappa shape index (κ2) is 9.53. The topological polar surface area (TPSA) is 77.5 Å². The van der Waals surface area contributed by atoms with Crippen LogP contribution in [0.5, 0.6) is 0 Å². The first-order valence-electron chi connectivity index (χ1n) is 12.6. The summed E-state index contributed by atoms with van der Waals surface area (Å²) in [4.78, 5) is 28.1. The van der Waals surface area contributed by atoms with Crippen molar-refractivity contribution < 1.29 is 21.6 Å². The summed E-state index contributed by atoms with van der Waals surface area (Å²) in [6.07, 6.45) is 1.81. The van der Waals surface area contributed by atoms with Crippen molar-refractivity contribution in [3.8, 4) is 0 Å². The Kier molecular flexibility index (Phi) is 6.67. The summed E-state index contributed by atoms with van der Waals surface area (Å²) in [7, 11) is -7.06. The van der Waals surface area contributed by atoms with Gasteiger partial charge in [0, 0.05) is 21.8 Å². The Hall–Kier alpha value is -2.74. The van der Waals surface area contributed by atoms with Crippen LogP contribution in [0.25, 0.3) is 0 Å². The first-order valence-corrected chi connectivity index (χ1v) is 15.9. The summed E-state index contributed by atoms with van der Waals surface area (Å²) in [6, 6.07) is 27.2. The maximum atomic E-state index is 14.0. The van der Waals surface area contributed by atoms with Crippen molar-refractivity contribution in [2.45, 2.75) is 42.9 Å². The van der Waals surface area contributed by atoms with E-state index in [2.05, 4.69) is 0 Å². The highest BCUT2D eigenvalue weighted by Crippen LogP contribution is 2.67. The van der Waals surface area contributed by atoms with Crippen LogP contribution in [-0.2, 0) is 18.5 Å². The third-order valence-corrected chi connectivity index (χ3v) is 13.8. The molecule has 37 heavy (non-hydrogen) atoms. The molecule has 0 N–H and O–H groups in total. The van der Waals surface area contributed by atoms with Gasteiger partial charge in [-0.15, -0.1) is 0 Å². The van der Waals surface area contributed by atoms with E-state index in [1.165, 1.54) is 0 Å². The fraction of sp³-hybridized carbons (Fsp3) is 0.333. The molecule has 194 valence electrons. The molecule has 0 heterocycles. The Labute approximate surface area is 220 Å². The van der Waals surface area contributed by atoms with E-state index in [-0.39, 0.29) is 29.0 Å². The van der Waals surface area contributed by atoms with Gasteiger partial charge in [0.05, 0.1) is 16.9 Å². The smallest absolute Gasteiger partial charge is 0.278 e. The molecule has 5 nitrogen and oxygen atoms in total. The molecule has 2 fully saturated rings. The van der Waals surface area contributed by atoms with Gasteiger partial charge in [-0.25, -0.2) is 3.63 Å². The lowest BCUT2D eigenvalue weighted by Gasteiger charge is -2.41. The molecule has 2 aliphatic carbocycles. The Morgan fingerprint density at radius 1 is 0.865 bits per heavy atom. The van der Waals surface area contributed by atoms with Gasteiger partial charge in [0.2, 0.25) is 0 Å². The van der Waals surface area contributed by atoms with Crippen molar-refractivity contribution >= 4 is 32.0 Å². The van der Waals surface area contributed by atoms with Crippen molar-refractivity contribution in [1.82, 2.24) is 0 Å². The van der Waals surface area contributed by atoms with Crippen LogP contribution >= 0.6 is 10.3 Å². The van der Waals surface area contributed by atoms with Crippen molar-refractivity contribution in [2.75, 3.05) is 11.5 Å². The van der Waals surface area contributed by atoms with Crippen LogP contribution in [0.15, 0.2) is 101 Å². The first-order chi connectivity index (χ1) is 17.6. The Bertz CT molecular complexity index is 1360. The molecule has 0 spiro atoms. The maximum Gasteiger partial charge on any atom is 0.278 e. The van der Waals surface area contributed by atoms with E-state index in [0.717, 1.165) is 6.42 Å². The average Bonchev–Trinajstić information content (AvgIpc) is 3.24. The average molecular weight is 537 g/mol. The second-order valence-electron chi connectivity index (χ2n) is 10.7. The van der Waals surface area contributed by atoms with Crippen molar-refractivity contribution in [3.63, 3.8) is 0 Å². The normalized spacial score (nSPS) is 23.2. The lowest BCUT2D eigenvalue weighted by molar-refractivity contribution is -0.128. The van der Waals surface area contributed by atoms with Gasteiger partial charge in [0.15, 0.2) is 5.78 Å². The van der Waals surface area contributed by atoms with Crippen LogP contribution in [0.3, 0.4) is 0 Å². The highest BCUT2D eigenvalue weighted by molar-refractivity contribution is 8.33. The van der Waals surface area contributed by atoms with Crippen molar-refractivity contribution in [1.29, 1.82) is 0 Å². The molecular weight excluding hydrogens is 504 g/mol. The molecule has 0 aliphatic heterocycles. The minimum atomic E-state index is -4.23. The van der Waals surface area contributed by atoms with Crippen molar-refractivity contribution in [2.24, 2.45) is 16.7 Å². The van der Waals surface area contributed by atoms with Crippen LogP contribution in [0.1, 0.15) is 43.5 Å². The summed E-state index contributed by atoms with van der Waals surface area (Å²) >= 11 is 0. The van der Waals surface area contributed by atoms with E-state index >= 15 is 0 Å². The fourth-order valence-corrected chi connectivity index (χ4v) is 12.2. The van der Waals surface area contributed by atoms with Gasteiger partial charge < -0.3 is 0 Å². The van der Waals surface area contributed by atoms with Gasteiger partial charge >= 0.3 is 0 Å². The maximum absolute atomic E-state index is 14.0. The molecule has 2 aliphatic rings. The molecule has 0 radical (unpaired) electrons. The summed E-state index contributed by atoms with van der Waals surface area (Å²) in [5.41, 5.74) is -0.882. The van der Waals surface area contributed by atoms with Gasteiger partial charge in [-0.05, 0) is 48.4 Å². The molecule has 2 bridgehead atoms. The molecule has 0 amide bonds. The van der Waals surface area contributed by atoms with Crippen LogP contribution in [0.4, 0.5) is 0 Å².